The van der Waals surface area contributed by atoms with Gasteiger partial charge in [0.05, 0.1) is 12.7 Å². The van der Waals surface area contributed by atoms with Crippen LogP contribution in [0.5, 0.6) is 5.75 Å². The van der Waals surface area contributed by atoms with Crippen LogP contribution in [0.25, 0.3) is 0 Å². The minimum absolute atomic E-state index is 0.0726. The molecule has 0 unspecified atom stereocenters. The van der Waals surface area contributed by atoms with E-state index in [9.17, 15) is 31.2 Å². The predicted octanol–water partition coefficient (Wildman–Crippen LogP) is 3.16. The highest BCUT2D eigenvalue weighted by Crippen LogP contribution is 2.12. The Morgan fingerprint density at radius 1 is 1.09 bits per heavy atom. The number of para-hydroxylation sites is 1. The third kappa shape index (κ3) is 10.1. The highest BCUT2D eigenvalue weighted by Gasteiger charge is 2.25. The Morgan fingerprint density at radius 3 is 2.22 bits per heavy atom. The molecule has 1 amide bonds. The summed E-state index contributed by atoms with van der Waals surface area (Å²) in [6.07, 6.45) is -4.94. The van der Waals surface area contributed by atoms with Gasteiger partial charge >= 0.3 is 16.3 Å². The SMILES string of the molecule is CN(CCS(=O)(=O)O/N=C/C(F)(F)F)C(=O)c1ccccc1C=O.COc1ccccc1. The van der Waals surface area contributed by atoms with Crippen molar-refractivity contribution in [3.05, 3.63) is 65.7 Å². The largest absolute Gasteiger partial charge is 0.497 e. The van der Waals surface area contributed by atoms with Gasteiger partial charge in [-0.25, -0.2) is 0 Å². The normalized spacial score (nSPS) is 11.3. The summed E-state index contributed by atoms with van der Waals surface area (Å²) < 4.78 is 67.0. The Morgan fingerprint density at radius 2 is 1.69 bits per heavy atom. The molecule has 0 fully saturated rings. The van der Waals surface area contributed by atoms with Crippen LogP contribution in [0.3, 0.4) is 0 Å². The number of hydrogen-bond acceptors (Lipinski definition) is 7. The fraction of sp³-hybridized carbons (Fsp3) is 0.250. The molecule has 0 aliphatic heterocycles. The highest BCUT2D eigenvalue weighted by molar-refractivity contribution is 7.86. The van der Waals surface area contributed by atoms with Crippen molar-refractivity contribution in [2.45, 2.75) is 6.18 Å². The van der Waals surface area contributed by atoms with E-state index in [0.29, 0.717) is 6.29 Å². The molecule has 0 aliphatic rings. The van der Waals surface area contributed by atoms with Gasteiger partial charge in [0.15, 0.2) is 6.29 Å². The molecule has 0 aromatic heterocycles. The van der Waals surface area contributed by atoms with Gasteiger partial charge in [0.2, 0.25) is 0 Å². The first-order valence-corrected chi connectivity index (χ1v) is 10.5. The Labute approximate surface area is 183 Å². The molecule has 0 saturated heterocycles. The maximum absolute atomic E-state index is 12.1. The van der Waals surface area contributed by atoms with Crippen molar-refractivity contribution in [1.29, 1.82) is 0 Å². The first-order valence-electron chi connectivity index (χ1n) is 8.90. The molecule has 0 heterocycles. The smallest absolute Gasteiger partial charge is 0.429 e. The van der Waals surface area contributed by atoms with Crippen molar-refractivity contribution in [1.82, 2.24) is 4.90 Å². The molecule has 8 nitrogen and oxygen atoms in total. The number of rotatable bonds is 8. The van der Waals surface area contributed by atoms with Crippen LogP contribution in [0.2, 0.25) is 0 Å². The Bertz CT molecular complexity index is 1010. The summed E-state index contributed by atoms with van der Waals surface area (Å²) in [5.74, 6) is -0.479. The van der Waals surface area contributed by atoms with E-state index in [4.69, 9.17) is 4.74 Å². The maximum Gasteiger partial charge on any atom is 0.429 e. The summed E-state index contributed by atoms with van der Waals surface area (Å²) >= 11 is 0. The number of carbonyl (C=O) groups excluding carboxylic acids is 2. The van der Waals surface area contributed by atoms with Crippen LogP contribution in [0.1, 0.15) is 20.7 Å². The Hall–Kier alpha value is -3.41. The first kappa shape index (κ1) is 26.6. The van der Waals surface area contributed by atoms with Crippen molar-refractivity contribution in [3.8, 4) is 5.75 Å². The van der Waals surface area contributed by atoms with Crippen molar-refractivity contribution >= 4 is 28.5 Å². The molecule has 0 bridgehead atoms. The van der Waals surface area contributed by atoms with E-state index in [1.807, 2.05) is 30.3 Å². The van der Waals surface area contributed by atoms with Gasteiger partial charge in [-0.1, -0.05) is 41.6 Å². The van der Waals surface area contributed by atoms with Crippen LogP contribution in [-0.2, 0) is 14.4 Å². The standard InChI is InChI=1S/C13H13F3N2O5S.C7H8O/c1-18(12(20)11-5-3-2-4-10(11)8-19)6-7-24(21,22)23-17-9-13(14,15)16;1-8-7-5-3-2-4-6-7/h2-5,8-9H,6-7H2,1H3;2-6H,1H3/b17-9+;. The molecule has 2 rings (SSSR count). The summed E-state index contributed by atoms with van der Waals surface area (Å²) in [7, 11) is -1.45. The van der Waals surface area contributed by atoms with Gasteiger partial charge in [0, 0.05) is 19.2 Å². The van der Waals surface area contributed by atoms with Gasteiger partial charge < -0.3 is 9.64 Å². The third-order valence-electron chi connectivity index (χ3n) is 3.68. The molecule has 0 N–H and O–H groups in total. The van der Waals surface area contributed by atoms with Gasteiger partial charge in [-0.3, -0.25) is 13.9 Å². The topological polar surface area (TPSA) is 102 Å². The molecule has 0 saturated carbocycles. The van der Waals surface area contributed by atoms with E-state index in [1.54, 1.807) is 13.2 Å². The number of hydrogen-bond donors (Lipinski definition) is 0. The second-order valence-corrected chi connectivity index (χ2v) is 7.73. The van der Waals surface area contributed by atoms with E-state index < -0.39 is 34.2 Å². The number of benzene rings is 2. The minimum atomic E-state index is -4.80. The van der Waals surface area contributed by atoms with Crippen molar-refractivity contribution in [2.75, 3.05) is 26.5 Å². The highest BCUT2D eigenvalue weighted by atomic mass is 32.2. The summed E-state index contributed by atoms with van der Waals surface area (Å²) in [5, 5.41) is 2.33. The molecule has 12 heteroatoms. The Balaban J connectivity index is 0.000000533. The number of alkyl halides is 3. The lowest BCUT2D eigenvalue weighted by molar-refractivity contribution is -0.0550. The summed E-state index contributed by atoms with van der Waals surface area (Å²) in [4.78, 5) is 24.0. The first-order chi connectivity index (χ1) is 15.0. The van der Waals surface area contributed by atoms with Crippen LogP contribution in [-0.4, -0.2) is 64.4 Å². The zero-order valence-corrected chi connectivity index (χ0v) is 18.0. The average molecular weight is 474 g/mol. The fourth-order valence-electron chi connectivity index (χ4n) is 2.09. The molecule has 0 spiro atoms. The molecule has 2 aromatic carbocycles. The number of halogens is 3. The van der Waals surface area contributed by atoms with Crippen molar-refractivity contribution < 1.29 is 40.2 Å². The van der Waals surface area contributed by atoms with E-state index in [-0.39, 0.29) is 17.7 Å². The molecule has 174 valence electrons. The number of aldehydes is 1. The zero-order chi connectivity index (χ0) is 24.2. The van der Waals surface area contributed by atoms with Gasteiger partial charge in [-0.15, -0.1) is 0 Å². The zero-order valence-electron chi connectivity index (χ0n) is 17.2. The summed E-state index contributed by atoms with van der Waals surface area (Å²) in [6, 6.07) is 15.6. The fourth-order valence-corrected chi connectivity index (χ4v) is 2.84. The molecular formula is C20H21F3N2O6S. The van der Waals surface area contributed by atoms with Crippen LogP contribution in [0.4, 0.5) is 13.2 Å². The minimum Gasteiger partial charge on any atom is -0.497 e. The molecular weight excluding hydrogens is 453 g/mol. The van der Waals surface area contributed by atoms with Gasteiger partial charge in [-0.2, -0.15) is 21.6 Å². The number of amides is 1. The van der Waals surface area contributed by atoms with E-state index >= 15 is 0 Å². The molecule has 0 radical (unpaired) electrons. The van der Waals surface area contributed by atoms with Gasteiger partial charge in [-0.05, 0) is 18.2 Å². The number of oxime groups is 1. The second kappa shape index (κ2) is 12.4. The lowest BCUT2D eigenvalue weighted by Gasteiger charge is -2.17. The monoisotopic (exact) mass is 474 g/mol. The van der Waals surface area contributed by atoms with Crippen LogP contribution < -0.4 is 4.74 Å². The van der Waals surface area contributed by atoms with E-state index in [0.717, 1.165) is 10.6 Å². The van der Waals surface area contributed by atoms with Crippen molar-refractivity contribution in [3.63, 3.8) is 0 Å². The Kier molecular flexibility index (Phi) is 10.4. The quantitative estimate of drug-likeness (QED) is 0.331. The van der Waals surface area contributed by atoms with Gasteiger partial charge in [0.1, 0.15) is 17.7 Å². The molecule has 0 aliphatic carbocycles. The number of nitrogens with zero attached hydrogens (tertiary/aromatic N) is 2. The lowest BCUT2D eigenvalue weighted by Crippen LogP contribution is -2.32. The second-order valence-electron chi connectivity index (χ2n) is 6.06. The molecule has 32 heavy (non-hydrogen) atoms. The van der Waals surface area contributed by atoms with E-state index in [1.165, 1.54) is 25.2 Å². The molecule has 2 aromatic rings. The number of methoxy groups -OCH3 is 1. The van der Waals surface area contributed by atoms with Crippen LogP contribution in [0, 0.1) is 0 Å². The average Bonchev–Trinajstić information content (AvgIpc) is 2.77. The predicted molar refractivity (Wildman–Crippen MR) is 111 cm³/mol. The number of ether oxygens (including phenoxy) is 1. The summed E-state index contributed by atoms with van der Waals surface area (Å²) in [5.41, 5.74) is 0.201. The van der Waals surface area contributed by atoms with Crippen molar-refractivity contribution in [2.24, 2.45) is 5.16 Å². The van der Waals surface area contributed by atoms with Crippen LogP contribution >= 0.6 is 0 Å². The van der Waals surface area contributed by atoms with Gasteiger partial charge in [0.25, 0.3) is 5.91 Å². The summed E-state index contributed by atoms with van der Waals surface area (Å²) in [6.45, 7) is -0.365. The van der Waals surface area contributed by atoms with Crippen LogP contribution in [0.15, 0.2) is 59.8 Å². The van der Waals surface area contributed by atoms with E-state index in [2.05, 4.69) is 9.44 Å². The number of carbonyl (C=O) groups is 2. The maximum atomic E-state index is 12.1. The third-order valence-corrected chi connectivity index (χ3v) is 4.67. The molecule has 0 atom stereocenters. The lowest BCUT2D eigenvalue weighted by atomic mass is 10.1.